The van der Waals surface area contributed by atoms with Crippen molar-refractivity contribution in [2.45, 2.75) is 12.8 Å². The van der Waals surface area contributed by atoms with Gasteiger partial charge in [-0.1, -0.05) is 0 Å². The summed E-state index contributed by atoms with van der Waals surface area (Å²) in [7, 11) is 2.12. The maximum Gasteiger partial charge on any atom is 0.107 e. The molecule has 2 rings (SSSR count). The second-order valence-corrected chi connectivity index (χ2v) is 3.88. The van der Waals surface area contributed by atoms with E-state index in [1.165, 1.54) is 0 Å². The monoisotopic (exact) mass is 219 g/mol. The van der Waals surface area contributed by atoms with Crippen molar-refractivity contribution in [1.29, 1.82) is 0 Å². The van der Waals surface area contributed by atoms with Crippen LogP contribution in [0.4, 0.5) is 0 Å². The Bertz CT molecular complexity index is 340. The third kappa shape index (κ3) is 3.20. The van der Waals surface area contributed by atoms with Crippen LogP contribution in [-0.4, -0.2) is 45.0 Å². The number of aromatic nitrogens is 4. The number of rotatable bonds is 6. The average Bonchev–Trinajstić information content (AvgIpc) is 2.96. The fourth-order valence-corrected chi connectivity index (χ4v) is 1.57. The lowest BCUT2D eigenvalue weighted by Gasteiger charge is -2.14. The van der Waals surface area contributed by atoms with Crippen LogP contribution in [0.1, 0.15) is 11.6 Å². The topological polar surface area (TPSA) is 60.6 Å². The van der Waals surface area contributed by atoms with E-state index in [-0.39, 0.29) is 0 Å². The molecular weight excluding hydrogens is 202 g/mol. The Morgan fingerprint density at radius 3 is 1.88 bits per heavy atom. The summed E-state index contributed by atoms with van der Waals surface area (Å²) >= 11 is 0. The molecule has 86 valence electrons. The molecule has 0 atom stereocenters. The van der Waals surface area contributed by atoms with Crippen molar-refractivity contribution >= 4 is 0 Å². The Morgan fingerprint density at radius 1 is 1.00 bits per heavy atom. The molecule has 2 aromatic rings. The highest BCUT2D eigenvalue weighted by atomic mass is 15.1. The first-order valence-corrected chi connectivity index (χ1v) is 5.49. The van der Waals surface area contributed by atoms with Crippen LogP contribution in [0.15, 0.2) is 24.8 Å². The number of likely N-dealkylation sites (N-methyl/N-ethyl adjacent to an activating group) is 1. The van der Waals surface area contributed by atoms with Gasteiger partial charge in [-0.15, -0.1) is 0 Å². The molecule has 0 saturated heterocycles. The van der Waals surface area contributed by atoms with Gasteiger partial charge in [0, 0.05) is 50.7 Å². The first-order valence-electron chi connectivity index (χ1n) is 5.49. The summed E-state index contributed by atoms with van der Waals surface area (Å²) in [6.07, 6.45) is 9.22. The lowest BCUT2D eigenvalue weighted by Crippen LogP contribution is -2.24. The van der Waals surface area contributed by atoms with Gasteiger partial charge in [0.15, 0.2) is 0 Å². The molecule has 0 aliphatic heterocycles. The van der Waals surface area contributed by atoms with Gasteiger partial charge in [-0.05, 0) is 7.05 Å². The van der Waals surface area contributed by atoms with Crippen LogP contribution in [0.25, 0.3) is 0 Å². The van der Waals surface area contributed by atoms with Gasteiger partial charge in [0.2, 0.25) is 0 Å². The van der Waals surface area contributed by atoms with Gasteiger partial charge in [-0.25, -0.2) is 9.97 Å². The molecule has 0 bridgehead atoms. The molecule has 5 nitrogen and oxygen atoms in total. The third-order valence-electron chi connectivity index (χ3n) is 2.57. The molecule has 2 aromatic heterocycles. The summed E-state index contributed by atoms with van der Waals surface area (Å²) in [6.45, 7) is 2.02. The van der Waals surface area contributed by atoms with Crippen molar-refractivity contribution in [3.05, 3.63) is 36.4 Å². The number of hydrogen-bond acceptors (Lipinski definition) is 3. The molecule has 16 heavy (non-hydrogen) atoms. The van der Waals surface area contributed by atoms with Gasteiger partial charge in [-0.2, -0.15) is 0 Å². The number of aromatic amines is 2. The van der Waals surface area contributed by atoms with E-state index in [9.17, 15) is 0 Å². The van der Waals surface area contributed by atoms with Gasteiger partial charge in [-0.3, -0.25) is 0 Å². The van der Waals surface area contributed by atoms with Crippen LogP contribution in [0, 0.1) is 0 Å². The highest BCUT2D eigenvalue weighted by molar-refractivity contribution is 4.89. The first-order chi connectivity index (χ1) is 7.84. The minimum Gasteiger partial charge on any atom is -0.349 e. The smallest absolute Gasteiger partial charge is 0.107 e. The minimum atomic E-state index is 0.960. The van der Waals surface area contributed by atoms with E-state index in [2.05, 4.69) is 31.9 Å². The van der Waals surface area contributed by atoms with Gasteiger partial charge in [0.25, 0.3) is 0 Å². The van der Waals surface area contributed by atoms with Crippen LogP contribution in [0.3, 0.4) is 0 Å². The van der Waals surface area contributed by atoms with Gasteiger partial charge < -0.3 is 14.9 Å². The predicted octanol–water partition coefficient (Wildman–Crippen LogP) is 0.850. The van der Waals surface area contributed by atoms with Crippen molar-refractivity contribution in [3.63, 3.8) is 0 Å². The number of nitrogens with one attached hydrogen (secondary N) is 2. The quantitative estimate of drug-likeness (QED) is 0.757. The lowest BCUT2D eigenvalue weighted by atomic mass is 10.3. The molecule has 0 unspecified atom stereocenters. The van der Waals surface area contributed by atoms with E-state index in [0.29, 0.717) is 0 Å². The molecule has 0 spiro atoms. The van der Waals surface area contributed by atoms with Crippen LogP contribution in [0.2, 0.25) is 0 Å². The Morgan fingerprint density at radius 2 is 1.50 bits per heavy atom. The molecule has 2 heterocycles. The molecule has 5 heteroatoms. The van der Waals surface area contributed by atoms with Crippen LogP contribution in [0.5, 0.6) is 0 Å². The van der Waals surface area contributed by atoms with Crippen molar-refractivity contribution in [3.8, 4) is 0 Å². The van der Waals surface area contributed by atoms with Gasteiger partial charge in [0.1, 0.15) is 11.6 Å². The Kier molecular flexibility index (Phi) is 3.71. The number of hydrogen-bond donors (Lipinski definition) is 2. The molecule has 0 saturated carbocycles. The molecule has 0 aliphatic carbocycles. The van der Waals surface area contributed by atoms with Gasteiger partial charge in [0.05, 0.1) is 0 Å². The van der Waals surface area contributed by atoms with Crippen molar-refractivity contribution in [2.75, 3.05) is 20.1 Å². The standard InChI is InChI=1S/C11H17N5/c1-16(8-2-10-12-4-5-13-10)9-3-11-14-6-7-15-11/h4-7H,2-3,8-9H2,1H3,(H,12,13)(H,14,15). The zero-order valence-electron chi connectivity index (χ0n) is 9.48. The summed E-state index contributed by atoms with van der Waals surface area (Å²) in [5.74, 6) is 2.09. The Labute approximate surface area is 94.9 Å². The molecule has 0 fully saturated rings. The summed E-state index contributed by atoms with van der Waals surface area (Å²) in [6, 6.07) is 0. The van der Waals surface area contributed by atoms with E-state index in [0.717, 1.165) is 37.6 Å². The van der Waals surface area contributed by atoms with E-state index >= 15 is 0 Å². The molecule has 0 aromatic carbocycles. The van der Waals surface area contributed by atoms with Crippen molar-refractivity contribution < 1.29 is 0 Å². The number of H-pyrrole nitrogens is 2. The summed E-state index contributed by atoms with van der Waals surface area (Å²) in [5, 5.41) is 0. The van der Waals surface area contributed by atoms with Gasteiger partial charge >= 0.3 is 0 Å². The highest BCUT2D eigenvalue weighted by Gasteiger charge is 2.02. The highest BCUT2D eigenvalue weighted by Crippen LogP contribution is 1.96. The first kappa shape index (κ1) is 10.9. The zero-order chi connectivity index (χ0) is 11.2. The van der Waals surface area contributed by atoms with E-state index < -0.39 is 0 Å². The fourth-order valence-electron chi connectivity index (χ4n) is 1.57. The molecule has 2 N–H and O–H groups in total. The largest absolute Gasteiger partial charge is 0.349 e. The van der Waals surface area contributed by atoms with E-state index in [4.69, 9.17) is 0 Å². The summed E-state index contributed by atoms with van der Waals surface area (Å²) in [4.78, 5) is 16.9. The van der Waals surface area contributed by atoms with Crippen molar-refractivity contribution in [1.82, 2.24) is 24.8 Å². The normalized spacial score (nSPS) is 11.1. The molecule has 0 aliphatic rings. The Hall–Kier alpha value is -1.62. The van der Waals surface area contributed by atoms with E-state index in [1.54, 1.807) is 12.4 Å². The molecule has 0 amide bonds. The lowest BCUT2D eigenvalue weighted by molar-refractivity contribution is 0.338. The van der Waals surface area contributed by atoms with E-state index in [1.807, 2.05) is 12.4 Å². The average molecular weight is 219 g/mol. The van der Waals surface area contributed by atoms with Crippen LogP contribution in [-0.2, 0) is 12.8 Å². The number of nitrogens with zero attached hydrogens (tertiary/aromatic N) is 3. The SMILES string of the molecule is CN(CCc1ncc[nH]1)CCc1ncc[nH]1. The maximum atomic E-state index is 4.20. The number of imidazole rings is 2. The van der Waals surface area contributed by atoms with Crippen LogP contribution >= 0.6 is 0 Å². The minimum absolute atomic E-state index is 0.960. The second-order valence-electron chi connectivity index (χ2n) is 3.88. The van der Waals surface area contributed by atoms with Crippen LogP contribution < -0.4 is 0 Å². The maximum absolute atomic E-state index is 4.20. The summed E-state index contributed by atoms with van der Waals surface area (Å²) < 4.78 is 0. The summed E-state index contributed by atoms with van der Waals surface area (Å²) in [5.41, 5.74) is 0. The predicted molar refractivity (Wildman–Crippen MR) is 62.1 cm³/mol. The second kappa shape index (κ2) is 5.46. The van der Waals surface area contributed by atoms with Crippen molar-refractivity contribution in [2.24, 2.45) is 0 Å². The fraction of sp³-hybridized carbons (Fsp3) is 0.455. The zero-order valence-corrected chi connectivity index (χ0v) is 9.48. The third-order valence-corrected chi connectivity index (χ3v) is 2.57. The molecule has 0 radical (unpaired) electrons. The molecular formula is C11H17N5. The Balaban J connectivity index is 1.66.